The molecule has 1 saturated heterocycles. The molecule has 0 aliphatic carbocycles. The molecule has 0 radical (unpaired) electrons. The van der Waals surface area contributed by atoms with E-state index < -0.39 is 4.92 Å². The number of rotatable bonds is 3. The summed E-state index contributed by atoms with van der Waals surface area (Å²) in [6.45, 7) is 4.73. The predicted molar refractivity (Wildman–Crippen MR) is 85.9 cm³/mol. The normalized spacial score (nSPS) is 17.8. The number of amides is 1. The van der Waals surface area contributed by atoms with Crippen molar-refractivity contribution >= 4 is 11.6 Å². The van der Waals surface area contributed by atoms with Crippen molar-refractivity contribution in [1.29, 1.82) is 0 Å². The second-order valence-corrected chi connectivity index (χ2v) is 5.80. The minimum atomic E-state index is -0.452. The van der Waals surface area contributed by atoms with E-state index in [2.05, 4.69) is 0 Å². The van der Waals surface area contributed by atoms with E-state index >= 15 is 0 Å². The zero-order valence-electron chi connectivity index (χ0n) is 13.5. The number of hydrogen-bond donors (Lipinski definition) is 0. The number of morpholine rings is 1. The van der Waals surface area contributed by atoms with Crippen molar-refractivity contribution in [2.75, 3.05) is 19.8 Å². The fourth-order valence-corrected chi connectivity index (χ4v) is 2.87. The van der Waals surface area contributed by atoms with Gasteiger partial charge in [0.1, 0.15) is 17.6 Å². The average Bonchev–Trinajstić information content (AvgIpc) is 3.00. The van der Waals surface area contributed by atoms with Crippen molar-refractivity contribution in [3.05, 3.63) is 63.1 Å². The Morgan fingerprint density at radius 3 is 2.71 bits per heavy atom. The first-order valence-electron chi connectivity index (χ1n) is 7.67. The number of ether oxygens (including phenoxy) is 1. The molecule has 0 unspecified atom stereocenters. The molecule has 7 heteroatoms. The van der Waals surface area contributed by atoms with E-state index in [0.29, 0.717) is 36.6 Å². The van der Waals surface area contributed by atoms with Crippen LogP contribution < -0.4 is 0 Å². The fraction of sp³-hybridized carbons (Fsp3) is 0.353. The topological polar surface area (TPSA) is 85.8 Å². The summed E-state index contributed by atoms with van der Waals surface area (Å²) in [4.78, 5) is 25.1. The molecule has 7 nitrogen and oxygen atoms in total. The van der Waals surface area contributed by atoms with E-state index in [-0.39, 0.29) is 17.6 Å². The van der Waals surface area contributed by atoms with E-state index in [9.17, 15) is 14.9 Å². The summed E-state index contributed by atoms with van der Waals surface area (Å²) in [5, 5.41) is 10.9. The summed E-state index contributed by atoms with van der Waals surface area (Å²) in [5.74, 6) is 1.27. The number of aryl methyl sites for hydroxylation is 2. The van der Waals surface area contributed by atoms with Crippen LogP contribution in [0.3, 0.4) is 0 Å². The first-order chi connectivity index (χ1) is 11.5. The third-order valence-corrected chi connectivity index (χ3v) is 4.12. The number of nitro benzene ring substituents is 1. The van der Waals surface area contributed by atoms with Crippen LogP contribution in [0.1, 0.15) is 33.5 Å². The number of nitro groups is 1. The van der Waals surface area contributed by atoms with Crippen LogP contribution in [0, 0.1) is 24.0 Å². The van der Waals surface area contributed by atoms with Crippen molar-refractivity contribution in [2.24, 2.45) is 0 Å². The van der Waals surface area contributed by atoms with Gasteiger partial charge in [0.15, 0.2) is 0 Å². The van der Waals surface area contributed by atoms with E-state index in [4.69, 9.17) is 9.15 Å². The summed E-state index contributed by atoms with van der Waals surface area (Å²) in [6.07, 6.45) is 0. The Labute approximate surface area is 139 Å². The quantitative estimate of drug-likeness (QED) is 0.638. The van der Waals surface area contributed by atoms with Crippen LogP contribution in [0.2, 0.25) is 0 Å². The highest BCUT2D eigenvalue weighted by atomic mass is 16.6. The first kappa shape index (κ1) is 16.2. The minimum absolute atomic E-state index is 0.00624. The Bertz CT molecular complexity index is 783. The molecule has 1 fully saturated rings. The molecule has 1 aliphatic heterocycles. The van der Waals surface area contributed by atoms with Gasteiger partial charge in [-0.15, -0.1) is 0 Å². The van der Waals surface area contributed by atoms with Crippen molar-refractivity contribution in [3.63, 3.8) is 0 Å². The van der Waals surface area contributed by atoms with Gasteiger partial charge in [-0.1, -0.05) is 0 Å². The van der Waals surface area contributed by atoms with Gasteiger partial charge in [-0.05, 0) is 38.1 Å². The summed E-state index contributed by atoms with van der Waals surface area (Å²) in [6, 6.07) is 7.82. The zero-order chi connectivity index (χ0) is 17.3. The Balaban J connectivity index is 1.89. The van der Waals surface area contributed by atoms with Crippen LogP contribution in [0.25, 0.3) is 0 Å². The maximum Gasteiger partial charge on any atom is 0.272 e. The molecule has 1 aromatic carbocycles. The molecule has 3 rings (SSSR count). The number of benzene rings is 1. The number of carbonyl (C=O) groups excluding carboxylic acids is 1. The van der Waals surface area contributed by atoms with Gasteiger partial charge in [0.05, 0.1) is 18.1 Å². The third-order valence-electron chi connectivity index (χ3n) is 4.12. The van der Waals surface area contributed by atoms with Crippen molar-refractivity contribution < 1.29 is 18.9 Å². The molecule has 126 valence electrons. The lowest BCUT2D eigenvalue weighted by molar-refractivity contribution is -0.385. The molecule has 24 heavy (non-hydrogen) atoms. The number of nitrogens with zero attached hydrogens (tertiary/aromatic N) is 2. The smallest absolute Gasteiger partial charge is 0.272 e. The van der Waals surface area contributed by atoms with Crippen LogP contribution in [-0.2, 0) is 4.74 Å². The van der Waals surface area contributed by atoms with Crippen molar-refractivity contribution in [2.45, 2.75) is 19.9 Å². The first-order valence-corrected chi connectivity index (χ1v) is 7.67. The Morgan fingerprint density at radius 1 is 1.29 bits per heavy atom. The molecular weight excluding hydrogens is 312 g/mol. The van der Waals surface area contributed by atoms with Crippen LogP contribution in [0.15, 0.2) is 34.7 Å². The van der Waals surface area contributed by atoms with Crippen molar-refractivity contribution in [1.82, 2.24) is 4.90 Å². The van der Waals surface area contributed by atoms with Crippen LogP contribution in [0.5, 0.6) is 0 Å². The van der Waals surface area contributed by atoms with E-state index in [1.807, 2.05) is 19.1 Å². The highest BCUT2D eigenvalue weighted by Crippen LogP contribution is 2.28. The molecule has 0 saturated carbocycles. The number of carbonyl (C=O) groups is 1. The van der Waals surface area contributed by atoms with Crippen LogP contribution in [0.4, 0.5) is 5.69 Å². The molecule has 2 aromatic rings. The summed E-state index contributed by atoms with van der Waals surface area (Å²) < 4.78 is 11.1. The Hall–Kier alpha value is -2.67. The number of furan rings is 1. The van der Waals surface area contributed by atoms with E-state index in [0.717, 1.165) is 5.76 Å². The second kappa shape index (κ2) is 6.45. The molecule has 2 heterocycles. The predicted octanol–water partition coefficient (Wildman–Crippen LogP) is 3.02. The van der Waals surface area contributed by atoms with Gasteiger partial charge in [0, 0.05) is 23.7 Å². The van der Waals surface area contributed by atoms with Gasteiger partial charge in [0.2, 0.25) is 0 Å². The molecule has 1 aliphatic rings. The maximum absolute atomic E-state index is 12.9. The fourth-order valence-electron chi connectivity index (χ4n) is 2.87. The van der Waals surface area contributed by atoms with Gasteiger partial charge in [-0.25, -0.2) is 0 Å². The molecular formula is C17H18N2O5. The zero-order valence-corrected chi connectivity index (χ0v) is 13.5. The number of hydrogen-bond acceptors (Lipinski definition) is 5. The SMILES string of the molecule is Cc1ccc([C@H]2COCCN2C(=O)c2ccc([N+](=O)[O-])c(C)c2)o1. The largest absolute Gasteiger partial charge is 0.464 e. The molecule has 0 bridgehead atoms. The highest BCUT2D eigenvalue weighted by molar-refractivity contribution is 5.95. The van der Waals surface area contributed by atoms with Gasteiger partial charge in [-0.3, -0.25) is 14.9 Å². The second-order valence-electron chi connectivity index (χ2n) is 5.80. The molecule has 1 aromatic heterocycles. The molecule has 1 atom stereocenters. The molecule has 0 N–H and O–H groups in total. The lowest BCUT2D eigenvalue weighted by atomic mass is 10.1. The standard InChI is InChI=1S/C17H18N2O5/c1-11-9-13(4-5-14(11)19(21)22)17(20)18-7-8-23-10-15(18)16-6-3-12(2)24-16/h3-6,9,15H,7-8,10H2,1-2H3/t15-/m1/s1. The van der Waals surface area contributed by atoms with Crippen LogP contribution in [-0.4, -0.2) is 35.5 Å². The minimum Gasteiger partial charge on any atom is -0.464 e. The summed E-state index contributed by atoms with van der Waals surface area (Å²) in [5.41, 5.74) is 0.893. The monoisotopic (exact) mass is 330 g/mol. The summed E-state index contributed by atoms with van der Waals surface area (Å²) >= 11 is 0. The van der Waals surface area contributed by atoms with Crippen molar-refractivity contribution in [3.8, 4) is 0 Å². The highest BCUT2D eigenvalue weighted by Gasteiger charge is 2.31. The van der Waals surface area contributed by atoms with Gasteiger partial charge < -0.3 is 14.1 Å². The Kier molecular flexibility index (Phi) is 4.35. The van der Waals surface area contributed by atoms with Gasteiger partial charge in [0.25, 0.3) is 11.6 Å². The lowest BCUT2D eigenvalue weighted by Gasteiger charge is -2.34. The van der Waals surface area contributed by atoms with Gasteiger partial charge >= 0.3 is 0 Å². The molecule has 1 amide bonds. The van der Waals surface area contributed by atoms with Crippen LogP contribution >= 0.6 is 0 Å². The third kappa shape index (κ3) is 3.03. The lowest BCUT2D eigenvalue weighted by Crippen LogP contribution is -2.43. The maximum atomic E-state index is 12.9. The van der Waals surface area contributed by atoms with E-state index in [1.165, 1.54) is 12.1 Å². The van der Waals surface area contributed by atoms with E-state index in [1.54, 1.807) is 17.9 Å². The van der Waals surface area contributed by atoms with Gasteiger partial charge in [-0.2, -0.15) is 0 Å². The Morgan fingerprint density at radius 2 is 2.08 bits per heavy atom. The molecule has 0 spiro atoms. The average molecular weight is 330 g/mol. The summed E-state index contributed by atoms with van der Waals surface area (Å²) in [7, 11) is 0.